The number of likely N-dealkylation sites (tertiary alicyclic amines) is 1. The summed E-state index contributed by atoms with van der Waals surface area (Å²) < 4.78 is 7.63. The zero-order valence-corrected chi connectivity index (χ0v) is 17.3. The van der Waals surface area contributed by atoms with Crippen molar-refractivity contribution in [3.63, 3.8) is 0 Å². The Morgan fingerprint density at radius 3 is 2.53 bits per heavy atom. The number of hydrogen-bond donors (Lipinski definition) is 0. The SMILES string of the molecule is COc1ccc(CC(=O)N2CCC(c3ccc4c(=O)n(C)c(=O)n(C)c4n3)C2)cc1. The van der Waals surface area contributed by atoms with Crippen molar-refractivity contribution >= 4 is 16.9 Å². The Balaban J connectivity index is 1.52. The standard InChI is InChI=1S/C22H24N4O4/c1-24-20-17(21(28)25(2)22(24)29)8-9-18(23-20)15-10-11-26(13-15)19(27)12-14-4-6-16(30-3)7-5-14/h4-9,15H,10-13H2,1-3H3. The summed E-state index contributed by atoms with van der Waals surface area (Å²) in [7, 11) is 4.68. The van der Waals surface area contributed by atoms with E-state index < -0.39 is 5.69 Å². The molecule has 0 N–H and O–H groups in total. The highest BCUT2D eigenvalue weighted by atomic mass is 16.5. The summed E-state index contributed by atoms with van der Waals surface area (Å²) in [5.74, 6) is 0.914. The number of ether oxygens (including phenoxy) is 1. The third kappa shape index (κ3) is 3.49. The van der Waals surface area contributed by atoms with Gasteiger partial charge in [0.25, 0.3) is 5.56 Å². The Hall–Kier alpha value is -3.42. The van der Waals surface area contributed by atoms with Gasteiger partial charge in [0.15, 0.2) is 0 Å². The number of amides is 1. The lowest BCUT2D eigenvalue weighted by molar-refractivity contribution is -0.129. The van der Waals surface area contributed by atoms with Gasteiger partial charge in [-0.3, -0.25) is 18.7 Å². The molecule has 1 atom stereocenters. The number of pyridine rings is 1. The number of fused-ring (bicyclic) bond motifs is 1. The third-order valence-electron chi connectivity index (χ3n) is 5.80. The molecule has 1 aliphatic rings. The van der Waals surface area contributed by atoms with Crippen LogP contribution in [-0.4, -0.2) is 45.1 Å². The summed E-state index contributed by atoms with van der Waals surface area (Å²) in [6.45, 7) is 1.24. The van der Waals surface area contributed by atoms with Crippen LogP contribution in [0.15, 0.2) is 46.0 Å². The number of hydrogen-bond acceptors (Lipinski definition) is 5. The molecule has 1 fully saturated rings. The highest BCUT2D eigenvalue weighted by molar-refractivity contribution is 5.79. The van der Waals surface area contributed by atoms with Gasteiger partial charge >= 0.3 is 5.69 Å². The van der Waals surface area contributed by atoms with Crippen molar-refractivity contribution in [3.8, 4) is 5.75 Å². The van der Waals surface area contributed by atoms with Crippen LogP contribution >= 0.6 is 0 Å². The molecule has 0 bridgehead atoms. The second kappa shape index (κ2) is 7.78. The lowest BCUT2D eigenvalue weighted by Crippen LogP contribution is -2.37. The number of nitrogens with zero attached hydrogens (tertiary/aromatic N) is 4. The Bertz CT molecular complexity index is 1230. The Morgan fingerprint density at radius 2 is 1.83 bits per heavy atom. The molecule has 1 unspecified atom stereocenters. The monoisotopic (exact) mass is 408 g/mol. The number of methoxy groups -OCH3 is 1. The van der Waals surface area contributed by atoms with Crippen molar-refractivity contribution < 1.29 is 9.53 Å². The average Bonchev–Trinajstić information content (AvgIpc) is 3.27. The molecule has 4 rings (SSSR count). The van der Waals surface area contributed by atoms with Crippen LogP contribution in [0.2, 0.25) is 0 Å². The molecule has 8 nitrogen and oxygen atoms in total. The fraction of sp³-hybridized carbons (Fsp3) is 0.364. The summed E-state index contributed by atoms with van der Waals surface area (Å²) in [6.07, 6.45) is 1.14. The Morgan fingerprint density at radius 1 is 1.10 bits per heavy atom. The first kappa shape index (κ1) is 19.9. The lowest BCUT2D eigenvalue weighted by Gasteiger charge is -2.17. The van der Waals surface area contributed by atoms with E-state index in [1.165, 1.54) is 11.6 Å². The quantitative estimate of drug-likeness (QED) is 0.648. The maximum Gasteiger partial charge on any atom is 0.332 e. The molecule has 3 aromatic rings. The highest BCUT2D eigenvalue weighted by Gasteiger charge is 2.28. The first-order valence-electron chi connectivity index (χ1n) is 9.86. The van der Waals surface area contributed by atoms with Gasteiger partial charge in [0.2, 0.25) is 5.91 Å². The third-order valence-corrected chi connectivity index (χ3v) is 5.80. The summed E-state index contributed by atoms with van der Waals surface area (Å²) in [4.78, 5) is 43.7. The normalized spacial score (nSPS) is 16.2. The summed E-state index contributed by atoms with van der Waals surface area (Å²) in [5.41, 5.74) is 1.36. The number of carbonyl (C=O) groups excluding carboxylic acids is 1. The molecule has 1 amide bonds. The van der Waals surface area contributed by atoms with E-state index in [0.29, 0.717) is 30.5 Å². The fourth-order valence-electron chi connectivity index (χ4n) is 3.95. The van der Waals surface area contributed by atoms with Gasteiger partial charge in [0.1, 0.15) is 11.4 Å². The minimum atomic E-state index is -0.403. The smallest absolute Gasteiger partial charge is 0.332 e. The van der Waals surface area contributed by atoms with Crippen molar-refractivity contribution in [1.29, 1.82) is 0 Å². The van der Waals surface area contributed by atoms with E-state index in [1.807, 2.05) is 35.2 Å². The molecule has 2 aromatic heterocycles. The molecule has 8 heteroatoms. The Labute approximate surface area is 173 Å². The summed E-state index contributed by atoms with van der Waals surface area (Å²) >= 11 is 0. The molecule has 1 saturated heterocycles. The van der Waals surface area contributed by atoms with Crippen LogP contribution in [0.4, 0.5) is 0 Å². The van der Waals surface area contributed by atoms with E-state index in [-0.39, 0.29) is 17.4 Å². The molecule has 1 aromatic carbocycles. The van der Waals surface area contributed by atoms with Crippen molar-refractivity contribution in [2.24, 2.45) is 14.1 Å². The van der Waals surface area contributed by atoms with Crippen LogP contribution in [0.3, 0.4) is 0 Å². The van der Waals surface area contributed by atoms with Crippen molar-refractivity contribution in [2.75, 3.05) is 20.2 Å². The molecule has 0 saturated carbocycles. The van der Waals surface area contributed by atoms with Crippen LogP contribution in [0.1, 0.15) is 23.6 Å². The van der Waals surface area contributed by atoms with E-state index in [1.54, 1.807) is 20.2 Å². The van der Waals surface area contributed by atoms with Gasteiger partial charge in [0.05, 0.1) is 18.9 Å². The van der Waals surface area contributed by atoms with Crippen molar-refractivity contribution in [3.05, 3.63) is 68.5 Å². The van der Waals surface area contributed by atoms with Gasteiger partial charge in [-0.25, -0.2) is 9.78 Å². The molecule has 30 heavy (non-hydrogen) atoms. The second-order valence-electron chi connectivity index (χ2n) is 7.66. The highest BCUT2D eigenvalue weighted by Crippen LogP contribution is 2.27. The van der Waals surface area contributed by atoms with Crippen LogP contribution in [0.25, 0.3) is 11.0 Å². The van der Waals surface area contributed by atoms with E-state index in [9.17, 15) is 14.4 Å². The lowest BCUT2D eigenvalue weighted by atomic mass is 10.0. The van der Waals surface area contributed by atoms with Gasteiger partial charge in [-0.05, 0) is 36.2 Å². The number of aromatic nitrogens is 3. The van der Waals surface area contributed by atoms with E-state index in [0.717, 1.165) is 28.0 Å². The van der Waals surface area contributed by atoms with Crippen molar-refractivity contribution in [1.82, 2.24) is 19.0 Å². The van der Waals surface area contributed by atoms with Crippen LogP contribution in [-0.2, 0) is 25.3 Å². The molecule has 1 aliphatic heterocycles. The molecule has 0 spiro atoms. The van der Waals surface area contributed by atoms with E-state index in [2.05, 4.69) is 4.98 Å². The first-order valence-corrected chi connectivity index (χ1v) is 9.86. The van der Waals surface area contributed by atoms with Gasteiger partial charge in [0, 0.05) is 38.8 Å². The number of carbonyl (C=O) groups is 1. The topological polar surface area (TPSA) is 86.4 Å². The molecular weight excluding hydrogens is 384 g/mol. The molecule has 0 radical (unpaired) electrons. The fourth-order valence-corrected chi connectivity index (χ4v) is 3.95. The van der Waals surface area contributed by atoms with E-state index in [4.69, 9.17) is 4.74 Å². The van der Waals surface area contributed by atoms with Gasteiger partial charge in [-0.2, -0.15) is 0 Å². The molecular formula is C22H24N4O4. The summed E-state index contributed by atoms with van der Waals surface area (Å²) in [6, 6.07) is 11.1. The number of benzene rings is 1. The predicted octanol–water partition coefficient (Wildman–Crippen LogP) is 1.20. The largest absolute Gasteiger partial charge is 0.497 e. The van der Waals surface area contributed by atoms with Crippen LogP contribution < -0.4 is 16.0 Å². The molecule has 3 heterocycles. The maximum absolute atomic E-state index is 12.7. The summed E-state index contributed by atoms with van der Waals surface area (Å²) in [5, 5.41) is 0.411. The van der Waals surface area contributed by atoms with Crippen LogP contribution in [0.5, 0.6) is 5.75 Å². The van der Waals surface area contributed by atoms with Crippen molar-refractivity contribution in [2.45, 2.75) is 18.8 Å². The zero-order chi connectivity index (χ0) is 21.4. The second-order valence-corrected chi connectivity index (χ2v) is 7.66. The molecule has 156 valence electrons. The van der Waals surface area contributed by atoms with Gasteiger partial charge in [-0.1, -0.05) is 12.1 Å². The minimum absolute atomic E-state index is 0.0738. The first-order chi connectivity index (χ1) is 14.4. The van der Waals surface area contributed by atoms with Gasteiger partial charge in [-0.15, -0.1) is 0 Å². The minimum Gasteiger partial charge on any atom is -0.497 e. The molecule has 0 aliphatic carbocycles. The van der Waals surface area contributed by atoms with Crippen LogP contribution in [0, 0.1) is 0 Å². The average molecular weight is 408 g/mol. The number of rotatable bonds is 4. The zero-order valence-electron chi connectivity index (χ0n) is 17.3. The maximum atomic E-state index is 12.7. The number of aryl methyl sites for hydroxylation is 1. The van der Waals surface area contributed by atoms with Gasteiger partial charge < -0.3 is 9.64 Å². The van der Waals surface area contributed by atoms with E-state index >= 15 is 0 Å². The predicted molar refractivity (Wildman–Crippen MR) is 113 cm³/mol. The Kier molecular flexibility index (Phi) is 5.15.